The summed E-state index contributed by atoms with van der Waals surface area (Å²) in [5.41, 5.74) is 6.96. The van der Waals surface area contributed by atoms with Crippen LogP contribution < -0.4 is 47.7 Å². The van der Waals surface area contributed by atoms with Crippen molar-refractivity contribution >= 4 is 82.7 Å². The minimum absolute atomic E-state index is 0.0156. The van der Waals surface area contributed by atoms with Crippen molar-refractivity contribution in [3.63, 3.8) is 0 Å². The SMILES string of the molecule is CCCO[C@H](C[C@H](C(C)C)N(CCC)C(=O)[C@@H](NC(=O)[C@H]1CCCCN1C)[C@@H](C)CC)c1nc(C(=O)NC(Cc2ccc(OC(=O)N(C)CCN(C)C(=O)OCc3ccc(NC(=O)[C@@H](CCCNC(N)=O)NC(=O)[C@H](NC(=O)CCNC(=O)OCC(OC)OC(CC)CO)C(C)C)cc3)cc2)C[C@H](C)C(=O)O)cs1. The number of amides is 11. The van der Waals surface area contributed by atoms with Crippen molar-refractivity contribution in [3.05, 3.63) is 75.7 Å². The van der Waals surface area contributed by atoms with Crippen LogP contribution in [0.2, 0.25) is 0 Å². The molecule has 109 heavy (non-hydrogen) atoms. The molecule has 3 aromatic rings. The largest absolute Gasteiger partial charge is 0.481 e. The van der Waals surface area contributed by atoms with Crippen LogP contribution in [0.15, 0.2) is 53.9 Å². The Morgan fingerprint density at radius 1 is 0.752 bits per heavy atom. The summed E-state index contributed by atoms with van der Waals surface area (Å²) in [6.07, 6.45) is 1.76. The number of benzene rings is 2. The molecule has 1 fully saturated rings. The Bertz CT molecular complexity index is 3340. The number of piperidine rings is 1. The summed E-state index contributed by atoms with van der Waals surface area (Å²) in [5.74, 6) is -4.87. The van der Waals surface area contributed by atoms with Crippen LogP contribution in [0.5, 0.6) is 5.75 Å². The summed E-state index contributed by atoms with van der Waals surface area (Å²) in [6, 6.07) is 7.95. The monoisotopic (exact) mass is 1550 g/mol. The number of aliphatic carboxylic acids is 1. The van der Waals surface area contributed by atoms with Gasteiger partial charge in [-0.3, -0.25) is 38.5 Å². The van der Waals surface area contributed by atoms with Crippen LogP contribution in [-0.4, -0.2) is 237 Å². The maximum Gasteiger partial charge on any atom is 0.415 e. The van der Waals surface area contributed by atoms with Gasteiger partial charge < -0.3 is 96.3 Å². The van der Waals surface area contributed by atoms with E-state index < -0.39 is 108 Å². The zero-order valence-corrected chi connectivity index (χ0v) is 66.8. The van der Waals surface area contributed by atoms with Crippen molar-refractivity contribution in [2.45, 2.75) is 214 Å². The summed E-state index contributed by atoms with van der Waals surface area (Å²) in [5, 5.41) is 40.8. The van der Waals surface area contributed by atoms with E-state index >= 15 is 0 Å². The van der Waals surface area contributed by atoms with E-state index in [2.05, 4.69) is 56.0 Å². The number of nitrogens with two attached hydrogens (primary N) is 1. The van der Waals surface area contributed by atoms with Gasteiger partial charge in [-0.25, -0.2) is 24.2 Å². The molecule has 0 saturated carbocycles. The quantitative estimate of drug-likeness (QED) is 0.0195. The average Bonchev–Trinajstić information content (AvgIpc) is 1.72. The highest BCUT2D eigenvalue weighted by Gasteiger charge is 2.39. The number of aromatic nitrogens is 1. The number of aliphatic hydroxyl groups is 1. The molecule has 3 unspecified atom stereocenters. The third-order valence-electron chi connectivity index (χ3n) is 18.9. The molecule has 4 rings (SSSR count). The molecule has 0 aliphatic carbocycles. The first-order valence-corrected chi connectivity index (χ1v) is 38.8. The number of thiazole rings is 1. The van der Waals surface area contributed by atoms with Gasteiger partial charge in [-0.05, 0) is 125 Å². The number of carbonyl (C=O) groups is 11. The lowest BCUT2D eigenvalue weighted by Gasteiger charge is -2.40. The van der Waals surface area contributed by atoms with E-state index in [1.54, 1.807) is 74.7 Å². The number of carboxylic acid groups (broad SMARTS) is 1. The number of hydrogen-bond donors (Lipinski definition) is 10. The minimum Gasteiger partial charge on any atom is -0.481 e. The molecule has 2 heterocycles. The highest BCUT2D eigenvalue weighted by Crippen LogP contribution is 2.32. The molecule has 0 bridgehead atoms. The topological polar surface area (TPSA) is 420 Å². The van der Waals surface area contributed by atoms with Crippen molar-refractivity contribution in [3.8, 4) is 5.75 Å². The van der Waals surface area contributed by atoms with Gasteiger partial charge >= 0.3 is 30.3 Å². The molecule has 0 spiro atoms. The second kappa shape index (κ2) is 48.7. The Balaban J connectivity index is 1.31. The van der Waals surface area contributed by atoms with Gasteiger partial charge in [0.1, 0.15) is 53.9 Å². The number of ether oxygens (including phenoxy) is 6. The van der Waals surface area contributed by atoms with Crippen molar-refractivity contribution < 1.29 is 91.4 Å². The molecule has 11 atom stereocenters. The van der Waals surface area contributed by atoms with Gasteiger partial charge in [0.2, 0.25) is 29.5 Å². The van der Waals surface area contributed by atoms with Crippen molar-refractivity contribution in [1.82, 2.24) is 56.5 Å². The maximum absolute atomic E-state index is 14.9. The third kappa shape index (κ3) is 32.4. The van der Waals surface area contributed by atoms with Gasteiger partial charge in [0.15, 0.2) is 6.29 Å². The van der Waals surface area contributed by atoms with E-state index in [1.165, 1.54) is 42.3 Å². The zero-order chi connectivity index (χ0) is 80.9. The molecule has 2 aromatic carbocycles. The molecule has 1 aromatic heterocycles. The molecular weight excluding hydrogens is 1430 g/mol. The number of anilines is 1. The van der Waals surface area contributed by atoms with Gasteiger partial charge in [0.25, 0.3) is 5.91 Å². The number of aliphatic hydroxyl groups excluding tert-OH is 1. The van der Waals surface area contributed by atoms with Crippen LogP contribution in [0.1, 0.15) is 179 Å². The second-order valence-electron chi connectivity index (χ2n) is 28.4. The standard InChI is InChI=1S/C76H121N13O19S/c1-15-35-89(71(96)65(49(9)17-3)85-68(94)59-23-19-20-36-86(59)11)60(47(5)6)42-61(104-39-16-2)70-83-58(46-109-70)67(93)81-54(40-50(10)72(97)98)41-51-26-30-56(31-27-51)108-76(102)88(13)38-37-87(12)75(101)106-44-52-24-28-53(29-25-52)80-66(92)57(22-21-33-78-73(77)99)82-69(95)64(48(7)8)84-62(91)32-34-79-74(100)105-45-63(103-14)107-55(18-4)43-90/h24-31,46-50,54-55,57,59-61,63-65,90H,15-23,32-45H2,1-14H3,(H,79,100)(H,80,92)(H,81,93)(H,82,95)(H,84,91)(H,85,94)(H,97,98)(H3,77,78,99)/t49-,50-,54?,55?,57+,59+,60+,61+,63?,64+,65-/m0/s1. The number of rotatable bonds is 48. The molecule has 1 aliphatic heterocycles. The van der Waals surface area contributed by atoms with Crippen LogP contribution in [0.4, 0.5) is 24.9 Å². The molecule has 33 heteroatoms. The maximum atomic E-state index is 14.9. The number of carboxylic acids is 1. The lowest BCUT2D eigenvalue weighted by atomic mass is 9.92. The van der Waals surface area contributed by atoms with E-state index in [9.17, 15) is 63.0 Å². The Morgan fingerprint density at radius 3 is 2.03 bits per heavy atom. The van der Waals surface area contributed by atoms with Crippen molar-refractivity contribution in [2.75, 3.05) is 92.7 Å². The number of hydrogen-bond acceptors (Lipinski definition) is 21. The summed E-state index contributed by atoms with van der Waals surface area (Å²) in [6.45, 7) is 20.0. The Morgan fingerprint density at radius 2 is 1.43 bits per heavy atom. The predicted octanol–water partition coefficient (Wildman–Crippen LogP) is 7.32. The van der Waals surface area contributed by atoms with Gasteiger partial charge in [-0.15, -0.1) is 11.3 Å². The first kappa shape index (κ1) is 92.6. The van der Waals surface area contributed by atoms with E-state index in [0.29, 0.717) is 67.1 Å². The first-order chi connectivity index (χ1) is 51.9. The second-order valence-corrected chi connectivity index (χ2v) is 29.3. The third-order valence-corrected chi connectivity index (χ3v) is 19.8. The Kier molecular flexibility index (Phi) is 41.4. The number of alkyl carbamates (subject to hydrolysis) is 1. The lowest BCUT2D eigenvalue weighted by Crippen LogP contribution is -2.58. The molecule has 1 saturated heterocycles. The molecule has 32 nitrogen and oxygen atoms in total. The van der Waals surface area contributed by atoms with E-state index in [-0.39, 0.29) is 125 Å². The van der Waals surface area contributed by atoms with Gasteiger partial charge in [0.05, 0.1) is 24.7 Å². The van der Waals surface area contributed by atoms with Crippen LogP contribution in [-0.2, 0) is 65.5 Å². The van der Waals surface area contributed by atoms with E-state index in [4.69, 9.17) is 39.1 Å². The van der Waals surface area contributed by atoms with Crippen LogP contribution in [0.25, 0.3) is 0 Å². The van der Waals surface area contributed by atoms with Crippen LogP contribution in [0, 0.1) is 23.7 Å². The van der Waals surface area contributed by atoms with Crippen LogP contribution >= 0.6 is 11.3 Å². The van der Waals surface area contributed by atoms with Gasteiger partial charge in [0, 0.05) is 96.5 Å². The molecule has 1 aliphatic rings. The molecule has 11 amide bonds. The number of likely N-dealkylation sites (tertiary alicyclic amines) is 1. The minimum atomic E-state index is -1.14. The molecule has 11 N–H and O–H groups in total. The highest BCUT2D eigenvalue weighted by molar-refractivity contribution is 7.09. The normalized spacial score (nSPS) is 15.7. The summed E-state index contributed by atoms with van der Waals surface area (Å²) in [7, 11) is 6.30. The number of methoxy groups -OCH3 is 1. The Hall–Kier alpha value is -8.76. The number of carbonyl (C=O) groups excluding carboxylic acids is 10. The highest BCUT2D eigenvalue weighted by atomic mass is 32.1. The van der Waals surface area contributed by atoms with E-state index in [1.807, 2.05) is 46.6 Å². The molecule has 0 radical (unpaired) electrons. The predicted molar refractivity (Wildman–Crippen MR) is 410 cm³/mol. The lowest BCUT2D eigenvalue weighted by molar-refractivity contribution is -0.181. The number of likely N-dealkylation sites (N-methyl/N-ethyl adjacent to an activating group) is 3. The fourth-order valence-corrected chi connectivity index (χ4v) is 12.8. The number of nitrogens with one attached hydrogen (secondary N) is 7. The number of urea groups is 1. The smallest absolute Gasteiger partial charge is 0.415 e. The van der Waals surface area contributed by atoms with Crippen molar-refractivity contribution in [1.29, 1.82) is 0 Å². The van der Waals surface area contributed by atoms with Crippen LogP contribution in [0.3, 0.4) is 0 Å². The fraction of sp³-hybridized carbons (Fsp3) is 0.658. The number of primary amides is 1. The van der Waals surface area contributed by atoms with Crippen molar-refractivity contribution in [2.24, 2.45) is 29.4 Å². The molecule has 610 valence electrons. The summed E-state index contributed by atoms with van der Waals surface area (Å²) >= 11 is 1.27. The van der Waals surface area contributed by atoms with Gasteiger partial charge in [-0.1, -0.05) is 106 Å². The summed E-state index contributed by atoms with van der Waals surface area (Å²) < 4.78 is 33.4. The fourth-order valence-electron chi connectivity index (χ4n) is 12.0. The molecular formula is C76H121N13O19S. The number of nitrogens with zero attached hydrogens (tertiary/aromatic N) is 5. The average molecular weight is 1550 g/mol. The summed E-state index contributed by atoms with van der Waals surface area (Å²) in [4.78, 5) is 157. The van der Waals surface area contributed by atoms with Gasteiger partial charge in [-0.2, -0.15) is 0 Å². The first-order valence-electron chi connectivity index (χ1n) is 37.9. The zero-order valence-electron chi connectivity index (χ0n) is 66.0. The van der Waals surface area contributed by atoms with E-state index in [0.717, 1.165) is 25.8 Å². The Labute approximate surface area is 645 Å².